The molecule has 1 amide bonds. The lowest BCUT2D eigenvalue weighted by Crippen LogP contribution is -2.22. The molecule has 2 aliphatic rings. The Kier molecular flexibility index (Phi) is 6.73. The molecule has 2 aliphatic heterocycles. The number of carbonyl (C=O) groups is 1. The number of thioether (sulfide) groups is 1. The average molecular weight is 442 g/mol. The number of nitrogens with zero attached hydrogens (tertiary/aromatic N) is 2. The van der Waals surface area contributed by atoms with Gasteiger partial charge in [-0.3, -0.25) is 4.79 Å². The molecule has 1 aromatic heterocycles. The number of ether oxygens (including phenoxy) is 3. The Labute approximate surface area is 186 Å². The zero-order valence-electron chi connectivity index (χ0n) is 17.9. The van der Waals surface area contributed by atoms with E-state index in [0.29, 0.717) is 36.9 Å². The summed E-state index contributed by atoms with van der Waals surface area (Å²) in [6.45, 7) is 6.57. The smallest absolute Gasteiger partial charge is 0.235 e. The minimum atomic E-state index is -0.153. The van der Waals surface area contributed by atoms with Crippen LogP contribution in [0.25, 0.3) is 0 Å². The first kappa shape index (κ1) is 21.6. The Bertz CT molecular complexity index is 1010. The number of amides is 1. The van der Waals surface area contributed by atoms with Gasteiger partial charge in [-0.15, -0.1) is 11.8 Å². The Morgan fingerprint density at radius 1 is 1.23 bits per heavy atom. The predicted molar refractivity (Wildman–Crippen MR) is 119 cm³/mol. The normalized spacial score (nSPS) is 17.8. The molecule has 1 aromatic carbocycles. The van der Waals surface area contributed by atoms with E-state index >= 15 is 0 Å². The minimum Gasteiger partial charge on any atom is -0.490 e. The van der Waals surface area contributed by atoms with Crippen molar-refractivity contribution in [2.24, 2.45) is 0 Å². The highest BCUT2D eigenvalue weighted by molar-refractivity contribution is 8.00. The summed E-state index contributed by atoms with van der Waals surface area (Å²) < 4.78 is 19.2. The van der Waals surface area contributed by atoms with Gasteiger partial charge in [0.1, 0.15) is 11.9 Å². The maximum atomic E-state index is 12.8. The SMILES string of the molecule is Cc1c(C#N)c(NC(=O)CSc2ccc3c(c2)OCCCO3)n(CC2CCCO2)c1C. The Morgan fingerprint density at radius 2 is 2.03 bits per heavy atom. The van der Waals surface area contributed by atoms with Crippen LogP contribution < -0.4 is 14.8 Å². The third kappa shape index (κ3) is 4.83. The van der Waals surface area contributed by atoms with Crippen molar-refractivity contribution >= 4 is 23.5 Å². The van der Waals surface area contributed by atoms with Crippen LogP contribution in [0.5, 0.6) is 11.5 Å². The van der Waals surface area contributed by atoms with Crippen molar-refractivity contribution in [2.75, 3.05) is 30.9 Å². The average Bonchev–Trinajstić information content (AvgIpc) is 3.27. The van der Waals surface area contributed by atoms with Gasteiger partial charge in [0.05, 0.1) is 37.2 Å². The molecule has 8 heteroatoms. The van der Waals surface area contributed by atoms with Gasteiger partial charge in [0.15, 0.2) is 11.5 Å². The summed E-state index contributed by atoms with van der Waals surface area (Å²) in [5, 5.41) is 12.7. The highest BCUT2D eigenvalue weighted by Gasteiger charge is 2.24. The van der Waals surface area contributed by atoms with Crippen LogP contribution in [-0.4, -0.2) is 42.2 Å². The predicted octanol–water partition coefficient (Wildman–Crippen LogP) is 4.05. The maximum Gasteiger partial charge on any atom is 0.235 e. The lowest BCUT2D eigenvalue weighted by Gasteiger charge is -2.17. The van der Waals surface area contributed by atoms with Crippen molar-refractivity contribution in [3.63, 3.8) is 0 Å². The lowest BCUT2D eigenvalue weighted by atomic mass is 10.2. The summed E-state index contributed by atoms with van der Waals surface area (Å²) >= 11 is 1.43. The molecule has 3 heterocycles. The summed E-state index contributed by atoms with van der Waals surface area (Å²) in [7, 11) is 0. The van der Waals surface area contributed by atoms with Crippen LogP contribution in [0.4, 0.5) is 5.82 Å². The summed E-state index contributed by atoms with van der Waals surface area (Å²) in [5.41, 5.74) is 2.40. The second-order valence-electron chi connectivity index (χ2n) is 7.79. The van der Waals surface area contributed by atoms with E-state index in [1.54, 1.807) is 0 Å². The van der Waals surface area contributed by atoms with Crippen LogP contribution in [0.15, 0.2) is 23.1 Å². The molecule has 1 fully saturated rings. The van der Waals surface area contributed by atoms with Crippen LogP contribution in [0.1, 0.15) is 36.1 Å². The van der Waals surface area contributed by atoms with Crippen molar-refractivity contribution in [3.05, 3.63) is 35.0 Å². The number of nitriles is 1. The van der Waals surface area contributed by atoms with Crippen molar-refractivity contribution < 1.29 is 19.0 Å². The number of hydrogen-bond donors (Lipinski definition) is 1. The van der Waals surface area contributed by atoms with Gasteiger partial charge < -0.3 is 24.1 Å². The highest BCUT2D eigenvalue weighted by atomic mass is 32.2. The molecular formula is C23H27N3O4S. The van der Waals surface area contributed by atoms with Crippen molar-refractivity contribution in [1.82, 2.24) is 4.57 Å². The number of anilines is 1. The van der Waals surface area contributed by atoms with E-state index in [1.807, 2.05) is 36.6 Å². The standard InChI is InChI=1S/C23H27N3O4S/c1-15-16(2)26(13-17-5-3-8-28-17)23(19(15)12-24)25-22(27)14-31-18-6-7-20-21(11-18)30-10-4-9-29-20/h6-7,11,17H,3-5,8-10,13-14H2,1-2H3,(H,25,27). The number of rotatable bonds is 6. The van der Waals surface area contributed by atoms with Crippen molar-refractivity contribution in [3.8, 4) is 17.6 Å². The second kappa shape index (κ2) is 9.67. The molecule has 0 aliphatic carbocycles. The summed E-state index contributed by atoms with van der Waals surface area (Å²) in [5.74, 6) is 2.10. The Morgan fingerprint density at radius 3 is 2.77 bits per heavy atom. The molecule has 7 nitrogen and oxygen atoms in total. The van der Waals surface area contributed by atoms with E-state index in [4.69, 9.17) is 14.2 Å². The fraction of sp³-hybridized carbons (Fsp3) is 0.478. The number of nitrogens with one attached hydrogen (secondary N) is 1. The number of benzene rings is 1. The maximum absolute atomic E-state index is 12.8. The van der Waals surface area contributed by atoms with Crippen LogP contribution in [0.3, 0.4) is 0 Å². The zero-order chi connectivity index (χ0) is 21.8. The van der Waals surface area contributed by atoms with Gasteiger partial charge in [0.2, 0.25) is 5.91 Å². The third-order valence-electron chi connectivity index (χ3n) is 5.70. The quantitative estimate of drug-likeness (QED) is 0.681. The first-order chi connectivity index (χ1) is 15.1. The molecule has 1 atom stereocenters. The molecule has 1 saturated heterocycles. The molecule has 0 spiro atoms. The number of hydrogen-bond acceptors (Lipinski definition) is 6. The van der Waals surface area contributed by atoms with Crippen molar-refractivity contribution in [1.29, 1.82) is 5.26 Å². The molecule has 1 N–H and O–H groups in total. The van der Waals surface area contributed by atoms with E-state index in [1.165, 1.54) is 11.8 Å². The molecule has 1 unspecified atom stereocenters. The van der Waals surface area contributed by atoms with Gasteiger partial charge in [0, 0.05) is 23.6 Å². The molecule has 0 bridgehead atoms. The highest BCUT2D eigenvalue weighted by Crippen LogP contribution is 2.34. The Hall–Kier alpha value is -2.63. The summed E-state index contributed by atoms with van der Waals surface area (Å²) in [6.07, 6.45) is 3.00. The topological polar surface area (TPSA) is 85.5 Å². The lowest BCUT2D eigenvalue weighted by molar-refractivity contribution is -0.113. The van der Waals surface area contributed by atoms with E-state index < -0.39 is 0 Å². The monoisotopic (exact) mass is 441 g/mol. The molecule has 2 aromatic rings. The Balaban J connectivity index is 1.45. The number of carbonyl (C=O) groups excluding carboxylic acids is 1. The molecule has 4 rings (SSSR count). The van der Waals surface area contributed by atoms with E-state index in [2.05, 4.69) is 11.4 Å². The van der Waals surface area contributed by atoms with Gasteiger partial charge in [-0.1, -0.05) is 0 Å². The van der Waals surface area contributed by atoms with Crippen molar-refractivity contribution in [2.45, 2.75) is 50.7 Å². The molecule has 164 valence electrons. The van der Waals surface area contributed by atoms with Crippen LogP contribution in [-0.2, 0) is 16.1 Å². The number of aromatic nitrogens is 1. The third-order valence-corrected chi connectivity index (χ3v) is 6.69. The number of fused-ring (bicyclic) bond motifs is 1. The molecule has 0 saturated carbocycles. The minimum absolute atomic E-state index is 0.115. The van der Waals surface area contributed by atoms with Gasteiger partial charge in [-0.05, 0) is 50.5 Å². The largest absolute Gasteiger partial charge is 0.490 e. The van der Waals surface area contributed by atoms with Crippen LogP contribution >= 0.6 is 11.8 Å². The van der Waals surface area contributed by atoms with Gasteiger partial charge in [-0.25, -0.2) is 0 Å². The first-order valence-electron chi connectivity index (χ1n) is 10.6. The van der Waals surface area contributed by atoms with Crippen LogP contribution in [0.2, 0.25) is 0 Å². The summed E-state index contributed by atoms with van der Waals surface area (Å²) in [6, 6.07) is 7.98. The molecule has 0 radical (unpaired) electrons. The summed E-state index contributed by atoms with van der Waals surface area (Å²) in [4.78, 5) is 13.7. The molecule has 31 heavy (non-hydrogen) atoms. The van der Waals surface area contributed by atoms with E-state index in [0.717, 1.165) is 47.8 Å². The van der Waals surface area contributed by atoms with Gasteiger partial charge >= 0.3 is 0 Å². The van der Waals surface area contributed by atoms with Gasteiger partial charge in [0.25, 0.3) is 0 Å². The zero-order valence-corrected chi connectivity index (χ0v) is 18.7. The van der Waals surface area contributed by atoms with Gasteiger partial charge in [-0.2, -0.15) is 5.26 Å². The fourth-order valence-corrected chi connectivity index (χ4v) is 4.63. The second-order valence-corrected chi connectivity index (χ2v) is 8.84. The fourth-order valence-electron chi connectivity index (χ4n) is 3.90. The van der Waals surface area contributed by atoms with Crippen LogP contribution in [0, 0.1) is 25.2 Å². The van der Waals surface area contributed by atoms with E-state index in [9.17, 15) is 10.1 Å². The van der Waals surface area contributed by atoms with E-state index in [-0.39, 0.29) is 17.8 Å². The molecular weight excluding hydrogens is 414 g/mol. The first-order valence-corrected chi connectivity index (χ1v) is 11.6.